The van der Waals surface area contributed by atoms with E-state index in [9.17, 15) is 18.0 Å². The number of halogens is 4. The second-order valence-electron chi connectivity index (χ2n) is 4.80. The van der Waals surface area contributed by atoms with E-state index in [1.165, 1.54) is 6.07 Å². The average molecular weight is 343 g/mol. The van der Waals surface area contributed by atoms with Crippen molar-refractivity contribution in [2.24, 2.45) is 0 Å². The van der Waals surface area contributed by atoms with Gasteiger partial charge in [0, 0.05) is 17.8 Å². The van der Waals surface area contributed by atoms with Crippen molar-refractivity contribution >= 4 is 34.6 Å². The van der Waals surface area contributed by atoms with E-state index in [2.05, 4.69) is 10.6 Å². The molecule has 0 bridgehead atoms. The largest absolute Gasteiger partial charge is 0.416 e. The van der Waals surface area contributed by atoms with Gasteiger partial charge < -0.3 is 10.6 Å². The van der Waals surface area contributed by atoms with Crippen molar-refractivity contribution in [3.8, 4) is 0 Å². The topological polar surface area (TPSA) is 41.1 Å². The first-order chi connectivity index (χ1) is 10.8. The highest BCUT2D eigenvalue weighted by molar-refractivity contribution is 6.33. The lowest BCUT2D eigenvalue weighted by molar-refractivity contribution is -0.137. The Labute approximate surface area is 136 Å². The number of hydrogen-bond acceptors (Lipinski definition) is 2. The second kappa shape index (κ2) is 6.91. The van der Waals surface area contributed by atoms with Crippen LogP contribution in [-0.2, 0) is 11.0 Å². The molecular formula is C16H14ClF3N2O. The van der Waals surface area contributed by atoms with Gasteiger partial charge in [0.1, 0.15) is 0 Å². The van der Waals surface area contributed by atoms with E-state index >= 15 is 0 Å². The van der Waals surface area contributed by atoms with Crippen molar-refractivity contribution in [1.82, 2.24) is 0 Å². The van der Waals surface area contributed by atoms with Crippen molar-refractivity contribution in [2.75, 3.05) is 10.6 Å². The van der Waals surface area contributed by atoms with Crippen LogP contribution in [0.5, 0.6) is 0 Å². The van der Waals surface area contributed by atoms with E-state index in [0.717, 1.165) is 12.1 Å². The highest BCUT2D eigenvalue weighted by Crippen LogP contribution is 2.35. The Morgan fingerprint density at radius 2 is 1.70 bits per heavy atom. The van der Waals surface area contributed by atoms with Crippen LogP contribution < -0.4 is 10.6 Å². The Kier molecular flexibility index (Phi) is 5.15. The zero-order valence-electron chi connectivity index (χ0n) is 12.2. The Morgan fingerprint density at radius 1 is 1.09 bits per heavy atom. The maximum absolute atomic E-state index is 12.7. The highest BCUT2D eigenvalue weighted by atomic mass is 35.5. The third-order valence-corrected chi connectivity index (χ3v) is 3.39. The summed E-state index contributed by atoms with van der Waals surface area (Å²) in [6.45, 7) is 1.74. The van der Waals surface area contributed by atoms with Crippen molar-refractivity contribution in [3.63, 3.8) is 0 Å². The van der Waals surface area contributed by atoms with Crippen molar-refractivity contribution < 1.29 is 18.0 Å². The summed E-state index contributed by atoms with van der Waals surface area (Å²) in [6, 6.07) is 9.66. The standard InChI is InChI=1S/C16H14ClF3N2O/c1-2-15(23)22-12-6-4-11(5-7-12)21-14-9-10(16(18,19)20)3-8-13(14)17/h3-9,21H,2H2,1H3,(H,22,23). The first kappa shape index (κ1) is 17.1. The number of benzene rings is 2. The minimum Gasteiger partial charge on any atom is -0.354 e. The molecular weight excluding hydrogens is 329 g/mol. The van der Waals surface area contributed by atoms with E-state index in [0.29, 0.717) is 17.8 Å². The van der Waals surface area contributed by atoms with Crippen LogP contribution in [0.25, 0.3) is 0 Å². The monoisotopic (exact) mass is 342 g/mol. The molecule has 0 atom stereocenters. The molecule has 7 heteroatoms. The van der Waals surface area contributed by atoms with Crippen LogP contribution in [0, 0.1) is 0 Å². The van der Waals surface area contributed by atoms with Gasteiger partial charge in [0.25, 0.3) is 0 Å². The Hall–Kier alpha value is -2.21. The number of alkyl halides is 3. The van der Waals surface area contributed by atoms with E-state index in [1.54, 1.807) is 31.2 Å². The summed E-state index contributed by atoms with van der Waals surface area (Å²) >= 11 is 5.93. The fraction of sp³-hybridized carbons (Fsp3) is 0.188. The van der Waals surface area contributed by atoms with Gasteiger partial charge in [0.15, 0.2) is 0 Å². The molecule has 0 saturated heterocycles. The van der Waals surface area contributed by atoms with Crippen LogP contribution in [0.1, 0.15) is 18.9 Å². The molecule has 0 aliphatic heterocycles. The lowest BCUT2D eigenvalue weighted by Gasteiger charge is -2.13. The maximum atomic E-state index is 12.7. The zero-order valence-corrected chi connectivity index (χ0v) is 12.9. The van der Waals surface area contributed by atoms with E-state index < -0.39 is 11.7 Å². The number of amides is 1. The normalized spacial score (nSPS) is 11.2. The molecule has 0 saturated carbocycles. The van der Waals surface area contributed by atoms with Crippen molar-refractivity contribution in [3.05, 3.63) is 53.1 Å². The summed E-state index contributed by atoms with van der Waals surface area (Å²) in [5.74, 6) is -0.119. The fourth-order valence-electron chi connectivity index (χ4n) is 1.84. The van der Waals surface area contributed by atoms with Crippen LogP contribution in [0.3, 0.4) is 0 Å². The molecule has 2 aromatic rings. The minimum atomic E-state index is -4.44. The summed E-state index contributed by atoms with van der Waals surface area (Å²) in [6.07, 6.45) is -4.07. The molecule has 1 amide bonds. The summed E-state index contributed by atoms with van der Waals surface area (Å²) in [5, 5.41) is 5.70. The summed E-state index contributed by atoms with van der Waals surface area (Å²) in [7, 11) is 0. The van der Waals surface area contributed by atoms with Gasteiger partial charge in [-0.1, -0.05) is 18.5 Å². The van der Waals surface area contributed by atoms with Crippen LogP contribution in [-0.4, -0.2) is 5.91 Å². The molecule has 2 aromatic carbocycles. The van der Waals surface area contributed by atoms with Gasteiger partial charge in [-0.25, -0.2) is 0 Å². The lowest BCUT2D eigenvalue weighted by atomic mass is 10.2. The fourth-order valence-corrected chi connectivity index (χ4v) is 2.00. The minimum absolute atomic E-state index is 0.119. The SMILES string of the molecule is CCC(=O)Nc1ccc(Nc2cc(C(F)(F)F)ccc2Cl)cc1. The average Bonchev–Trinajstić information content (AvgIpc) is 2.50. The van der Waals surface area contributed by atoms with Crippen molar-refractivity contribution in [2.45, 2.75) is 19.5 Å². The number of hydrogen-bond donors (Lipinski definition) is 2. The molecule has 0 spiro atoms. The van der Waals surface area contributed by atoms with E-state index in [-0.39, 0.29) is 16.6 Å². The highest BCUT2D eigenvalue weighted by Gasteiger charge is 2.30. The molecule has 2 N–H and O–H groups in total. The predicted molar refractivity (Wildman–Crippen MR) is 85.1 cm³/mol. The molecule has 23 heavy (non-hydrogen) atoms. The Morgan fingerprint density at radius 3 is 2.26 bits per heavy atom. The van der Waals surface area contributed by atoms with Crippen molar-refractivity contribution in [1.29, 1.82) is 0 Å². The van der Waals surface area contributed by atoms with Gasteiger partial charge in [-0.05, 0) is 42.5 Å². The molecule has 0 heterocycles. The van der Waals surface area contributed by atoms with E-state index in [1.807, 2.05) is 0 Å². The lowest BCUT2D eigenvalue weighted by Crippen LogP contribution is -2.09. The second-order valence-corrected chi connectivity index (χ2v) is 5.20. The number of carbonyl (C=O) groups is 1. The maximum Gasteiger partial charge on any atom is 0.416 e. The number of rotatable bonds is 4. The first-order valence-corrected chi connectivity index (χ1v) is 7.21. The Bertz CT molecular complexity index is 699. The van der Waals surface area contributed by atoms with Gasteiger partial charge in [-0.2, -0.15) is 13.2 Å². The molecule has 122 valence electrons. The molecule has 2 rings (SSSR count). The molecule has 0 aliphatic carbocycles. The predicted octanol–water partition coefficient (Wildman–Crippen LogP) is 5.45. The van der Waals surface area contributed by atoms with Gasteiger partial charge in [-0.3, -0.25) is 4.79 Å². The summed E-state index contributed by atoms with van der Waals surface area (Å²) in [5.41, 5.74) is 0.543. The molecule has 0 unspecified atom stereocenters. The van der Waals surface area contributed by atoms with Gasteiger partial charge >= 0.3 is 6.18 Å². The van der Waals surface area contributed by atoms with Crippen LogP contribution in [0.15, 0.2) is 42.5 Å². The van der Waals surface area contributed by atoms with Crippen LogP contribution in [0.2, 0.25) is 5.02 Å². The summed E-state index contributed by atoms with van der Waals surface area (Å²) in [4.78, 5) is 11.3. The van der Waals surface area contributed by atoms with E-state index in [4.69, 9.17) is 11.6 Å². The third-order valence-electron chi connectivity index (χ3n) is 3.06. The molecule has 3 nitrogen and oxygen atoms in total. The Balaban J connectivity index is 2.17. The number of nitrogens with one attached hydrogen (secondary N) is 2. The van der Waals surface area contributed by atoms with Gasteiger partial charge in [-0.15, -0.1) is 0 Å². The number of anilines is 3. The van der Waals surface area contributed by atoms with Gasteiger partial charge in [0.2, 0.25) is 5.91 Å². The quantitative estimate of drug-likeness (QED) is 0.775. The molecule has 0 aromatic heterocycles. The zero-order chi connectivity index (χ0) is 17.0. The smallest absolute Gasteiger partial charge is 0.354 e. The third kappa shape index (κ3) is 4.63. The molecule has 0 fully saturated rings. The summed E-state index contributed by atoms with van der Waals surface area (Å²) < 4.78 is 38.2. The first-order valence-electron chi connectivity index (χ1n) is 6.83. The van der Waals surface area contributed by atoms with Gasteiger partial charge in [0.05, 0.1) is 16.3 Å². The van der Waals surface area contributed by atoms with Crippen LogP contribution >= 0.6 is 11.6 Å². The molecule has 0 radical (unpaired) electrons. The van der Waals surface area contributed by atoms with Crippen LogP contribution in [0.4, 0.5) is 30.2 Å². The number of carbonyl (C=O) groups excluding carboxylic acids is 1. The molecule has 0 aliphatic rings.